The Balaban J connectivity index is 2.01. The van der Waals surface area contributed by atoms with Crippen molar-refractivity contribution in [3.63, 3.8) is 0 Å². The molecule has 0 aromatic heterocycles. The van der Waals surface area contributed by atoms with Crippen LogP contribution in [0.5, 0.6) is 0 Å². The molecule has 120 valence electrons. The number of carbonyl (C=O) groups excluding carboxylic acids is 2. The van der Waals surface area contributed by atoms with Gasteiger partial charge in [-0.05, 0) is 42.2 Å². The zero-order valence-corrected chi connectivity index (χ0v) is 13.6. The van der Waals surface area contributed by atoms with Crippen molar-refractivity contribution in [2.45, 2.75) is 26.2 Å². The lowest BCUT2D eigenvalue weighted by Crippen LogP contribution is -2.15. The number of rotatable bonds is 5. The summed E-state index contributed by atoms with van der Waals surface area (Å²) in [6, 6.07) is 15.0. The van der Waals surface area contributed by atoms with Crippen molar-refractivity contribution >= 4 is 17.6 Å². The van der Waals surface area contributed by atoms with Gasteiger partial charge in [0.2, 0.25) is 5.91 Å². The first-order valence-corrected chi connectivity index (χ1v) is 7.55. The second-order valence-electron chi connectivity index (χ2n) is 5.59. The van der Waals surface area contributed by atoms with Gasteiger partial charge in [-0.15, -0.1) is 0 Å². The molecule has 0 spiro atoms. The van der Waals surface area contributed by atoms with Crippen LogP contribution in [0.2, 0.25) is 0 Å². The number of amides is 1. The number of nitrogens with one attached hydrogen (secondary N) is 1. The van der Waals surface area contributed by atoms with Crippen LogP contribution in [0.1, 0.15) is 40.7 Å². The van der Waals surface area contributed by atoms with Crippen LogP contribution in [-0.4, -0.2) is 19.0 Å². The smallest absolute Gasteiger partial charge is 0.337 e. The van der Waals surface area contributed by atoms with Gasteiger partial charge in [-0.2, -0.15) is 0 Å². The van der Waals surface area contributed by atoms with E-state index in [1.54, 1.807) is 18.2 Å². The van der Waals surface area contributed by atoms with Crippen molar-refractivity contribution in [3.05, 3.63) is 65.2 Å². The summed E-state index contributed by atoms with van der Waals surface area (Å²) in [6.45, 7) is 3.88. The van der Waals surface area contributed by atoms with E-state index in [9.17, 15) is 9.59 Å². The number of methoxy groups -OCH3 is 1. The van der Waals surface area contributed by atoms with Gasteiger partial charge < -0.3 is 10.1 Å². The van der Waals surface area contributed by atoms with Crippen LogP contribution in [0.15, 0.2) is 48.5 Å². The lowest BCUT2D eigenvalue weighted by molar-refractivity contribution is -0.116. The standard InChI is InChI=1S/C19H21NO3/c1-13(15-7-5-4-6-8-15)12-18(21)20-17-10-9-16(11-14(17)2)19(22)23-3/h4-11,13H,12H2,1-3H3,(H,20,21). The topological polar surface area (TPSA) is 55.4 Å². The van der Waals surface area contributed by atoms with Gasteiger partial charge in [-0.3, -0.25) is 4.79 Å². The van der Waals surface area contributed by atoms with Crippen molar-refractivity contribution in [1.82, 2.24) is 0 Å². The maximum Gasteiger partial charge on any atom is 0.337 e. The molecule has 2 aromatic rings. The van der Waals surface area contributed by atoms with Crippen molar-refractivity contribution < 1.29 is 14.3 Å². The summed E-state index contributed by atoms with van der Waals surface area (Å²) in [6.07, 6.45) is 0.405. The molecule has 1 unspecified atom stereocenters. The minimum atomic E-state index is -0.385. The molecule has 4 heteroatoms. The van der Waals surface area contributed by atoms with Crippen molar-refractivity contribution in [2.24, 2.45) is 0 Å². The number of hydrogen-bond acceptors (Lipinski definition) is 3. The van der Waals surface area contributed by atoms with Crippen LogP contribution in [0.25, 0.3) is 0 Å². The van der Waals surface area contributed by atoms with Crippen LogP contribution in [0, 0.1) is 6.92 Å². The van der Waals surface area contributed by atoms with Crippen molar-refractivity contribution in [1.29, 1.82) is 0 Å². The third-order valence-corrected chi connectivity index (χ3v) is 3.78. The van der Waals surface area contributed by atoms with Gasteiger partial charge in [-0.25, -0.2) is 4.79 Å². The molecule has 1 atom stereocenters. The van der Waals surface area contributed by atoms with Gasteiger partial charge in [-0.1, -0.05) is 37.3 Å². The summed E-state index contributed by atoms with van der Waals surface area (Å²) in [5, 5.41) is 2.90. The maximum absolute atomic E-state index is 12.2. The number of hydrogen-bond donors (Lipinski definition) is 1. The van der Waals surface area contributed by atoms with Gasteiger partial charge in [0.25, 0.3) is 0 Å². The first kappa shape index (κ1) is 16.7. The molecule has 0 heterocycles. The van der Waals surface area contributed by atoms with Gasteiger partial charge in [0.05, 0.1) is 12.7 Å². The Morgan fingerprint density at radius 2 is 1.83 bits per heavy atom. The van der Waals surface area contributed by atoms with E-state index in [0.717, 1.165) is 11.1 Å². The Morgan fingerprint density at radius 3 is 2.43 bits per heavy atom. The van der Waals surface area contributed by atoms with E-state index in [4.69, 9.17) is 0 Å². The summed E-state index contributed by atoms with van der Waals surface area (Å²) in [5.74, 6) is -0.287. The van der Waals surface area contributed by atoms with E-state index in [2.05, 4.69) is 10.1 Å². The summed E-state index contributed by atoms with van der Waals surface area (Å²) < 4.78 is 4.69. The normalized spacial score (nSPS) is 11.6. The van der Waals surface area contributed by atoms with E-state index in [1.807, 2.05) is 44.2 Å². The summed E-state index contributed by atoms with van der Waals surface area (Å²) in [4.78, 5) is 23.7. The quantitative estimate of drug-likeness (QED) is 0.852. The molecule has 0 saturated heterocycles. The molecular weight excluding hydrogens is 290 g/mol. The highest BCUT2D eigenvalue weighted by Crippen LogP contribution is 2.21. The monoisotopic (exact) mass is 311 g/mol. The van der Waals surface area contributed by atoms with E-state index in [-0.39, 0.29) is 17.8 Å². The fourth-order valence-electron chi connectivity index (χ4n) is 2.43. The number of esters is 1. The average Bonchev–Trinajstić information content (AvgIpc) is 2.56. The predicted octanol–water partition coefficient (Wildman–Crippen LogP) is 3.91. The highest BCUT2D eigenvalue weighted by molar-refractivity contribution is 5.94. The zero-order valence-electron chi connectivity index (χ0n) is 13.6. The first-order chi connectivity index (χ1) is 11.0. The molecule has 0 fully saturated rings. The lowest BCUT2D eigenvalue weighted by atomic mass is 9.97. The van der Waals surface area contributed by atoms with Gasteiger partial charge in [0.15, 0.2) is 0 Å². The lowest BCUT2D eigenvalue weighted by Gasteiger charge is -2.13. The zero-order chi connectivity index (χ0) is 16.8. The Morgan fingerprint density at radius 1 is 1.13 bits per heavy atom. The highest BCUT2D eigenvalue weighted by atomic mass is 16.5. The molecule has 0 aliphatic rings. The van der Waals surface area contributed by atoms with Gasteiger partial charge >= 0.3 is 5.97 Å². The fourth-order valence-corrected chi connectivity index (χ4v) is 2.43. The van der Waals surface area contributed by atoms with E-state index in [1.165, 1.54) is 7.11 Å². The summed E-state index contributed by atoms with van der Waals surface area (Å²) in [7, 11) is 1.35. The molecule has 0 radical (unpaired) electrons. The third-order valence-electron chi connectivity index (χ3n) is 3.78. The number of aryl methyl sites for hydroxylation is 1. The van der Waals surface area contributed by atoms with Crippen LogP contribution >= 0.6 is 0 Å². The second kappa shape index (κ2) is 7.58. The molecule has 2 rings (SSSR count). The van der Waals surface area contributed by atoms with E-state index >= 15 is 0 Å². The largest absolute Gasteiger partial charge is 0.465 e. The summed E-state index contributed by atoms with van der Waals surface area (Å²) >= 11 is 0. The van der Waals surface area contributed by atoms with E-state index in [0.29, 0.717) is 17.7 Å². The van der Waals surface area contributed by atoms with Crippen molar-refractivity contribution in [2.75, 3.05) is 12.4 Å². The molecular formula is C19H21NO3. The number of ether oxygens (including phenoxy) is 1. The van der Waals surface area contributed by atoms with Crippen LogP contribution in [0.4, 0.5) is 5.69 Å². The molecule has 0 bridgehead atoms. The highest BCUT2D eigenvalue weighted by Gasteiger charge is 2.13. The van der Waals surface area contributed by atoms with Crippen molar-refractivity contribution in [3.8, 4) is 0 Å². The van der Waals surface area contributed by atoms with Gasteiger partial charge in [0.1, 0.15) is 0 Å². The van der Waals surface area contributed by atoms with E-state index < -0.39 is 0 Å². The molecule has 0 saturated carbocycles. The fraction of sp³-hybridized carbons (Fsp3) is 0.263. The molecule has 23 heavy (non-hydrogen) atoms. The third kappa shape index (κ3) is 4.42. The number of anilines is 1. The van der Waals surface area contributed by atoms with Crippen LogP contribution in [0.3, 0.4) is 0 Å². The molecule has 0 aliphatic heterocycles. The Bertz CT molecular complexity index is 695. The molecule has 0 aliphatic carbocycles. The minimum Gasteiger partial charge on any atom is -0.465 e. The SMILES string of the molecule is COC(=O)c1ccc(NC(=O)CC(C)c2ccccc2)c(C)c1. The molecule has 1 N–H and O–H groups in total. The Kier molecular flexibility index (Phi) is 5.52. The van der Waals surface area contributed by atoms with Crippen LogP contribution in [-0.2, 0) is 9.53 Å². The summed E-state index contributed by atoms with van der Waals surface area (Å²) in [5.41, 5.74) is 3.15. The predicted molar refractivity (Wildman–Crippen MR) is 90.6 cm³/mol. The second-order valence-corrected chi connectivity index (χ2v) is 5.59. The number of benzene rings is 2. The average molecular weight is 311 g/mol. The molecule has 2 aromatic carbocycles. The molecule has 4 nitrogen and oxygen atoms in total. The minimum absolute atomic E-state index is 0.0460. The van der Waals surface area contributed by atoms with Gasteiger partial charge in [0, 0.05) is 12.1 Å². The first-order valence-electron chi connectivity index (χ1n) is 7.55. The Hall–Kier alpha value is -2.62. The molecule has 1 amide bonds. The maximum atomic E-state index is 12.2. The Labute approximate surface area is 136 Å². The van der Waals surface area contributed by atoms with Crippen LogP contribution < -0.4 is 5.32 Å². The number of carbonyl (C=O) groups is 2.